The summed E-state index contributed by atoms with van der Waals surface area (Å²) in [6.07, 6.45) is 0.783. The maximum atomic E-state index is 12.5. The number of aryl methyl sites for hydroxylation is 1. The maximum absolute atomic E-state index is 12.5. The molecule has 0 saturated carbocycles. The lowest BCUT2D eigenvalue weighted by Gasteiger charge is -2.10. The van der Waals surface area contributed by atoms with Gasteiger partial charge in [0.2, 0.25) is 0 Å². The molecule has 0 unspecified atom stereocenters. The third kappa shape index (κ3) is 4.17. The van der Waals surface area contributed by atoms with Gasteiger partial charge in [0.15, 0.2) is 6.61 Å². The minimum absolute atomic E-state index is 0.144. The molecule has 1 aromatic heterocycles. The Balaban J connectivity index is 1.75. The highest BCUT2D eigenvalue weighted by Crippen LogP contribution is 2.34. The predicted octanol–water partition coefficient (Wildman–Crippen LogP) is 4.97. The molecule has 6 heteroatoms. The van der Waals surface area contributed by atoms with Crippen molar-refractivity contribution in [3.63, 3.8) is 0 Å². The van der Waals surface area contributed by atoms with Crippen LogP contribution in [0.2, 0.25) is 0 Å². The number of fused-ring (bicyclic) bond motifs is 1. The van der Waals surface area contributed by atoms with E-state index in [9.17, 15) is 9.59 Å². The lowest BCUT2D eigenvalue weighted by molar-refractivity contribution is -0.118. The third-order valence-corrected chi connectivity index (χ3v) is 5.76. The Hall–Kier alpha value is -2.86. The summed E-state index contributed by atoms with van der Waals surface area (Å²) >= 11 is 1.40. The number of thiophene rings is 1. The van der Waals surface area contributed by atoms with Crippen molar-refractivity contribution in [3.8, 4) is 5.75 Å². The Kier molecular flexibility index (Phi) is 6.31. The molecule has 5 nitrogen and oxygen atoms in total. The van der Waals surface area contributed by atoms with Gasteiger partial charge in [-0.25, -0.2) is 4.79 Å². The molecule has 0 aliphatic heterocycles. The number of amides is 1. The number of hydrogen-bond donors (Lipinski definition) is 1. The minimum Gasteiger partial charge on any atom is -0.483 e. The molecule has 1 N–H and O–H groups in total. The van der Waals surface area contributed by atoms with Crippen LogP contribution >= 0.6 is 11.3 Å². The van der Waals surface area contributed by atoms with E-state index in [0.29, 0.717) is 16.3 Å². The Morgan fingerprint density at radius 1 is 1.07 bits per heavy atom. The molecule has 3 aromatic rings. The van der Waals surface area contributed by atoms with Crippen molar-refractivity contribution in [1.82, 2.24) is 0 Å². The molecule has 0 atom stereocenters. The summed E-state index contributed by atoms with van der Waals surface area (Å²) in [5.74, 6) is -0.0842. The molecular weight excluding hydrogens is 374 g/mol. The average molecular weight is 397 g/mol. The van der Waals surface area contributed by atoms with Crippen LogP contribution in [0.5, 0.6) is 5.75 Å². The Labute approximate surface area is 168 Å². The Bertz CT molecular complexity index is 1000. The van der Waals surface area contributed by atoms with E-state index in [0.717, 1.165) is 27.6 Å². The van der Waals surface area contributed by atoms with Crippen LogP contribution in [0.3, 0.4) is 0 Å². The fourth-order valence-electron chi connectivity index (χ4n) is 3.06. The second-order valence-electron chi connectivity index (χ2n) is 6.24. The molecule has 3 rings (SSSR count). The van der Waals surface area contributed by atoms with Gasteiger partial charge < -0.3 is 14.8 Å². The fraction of sp³-hybridized carbons (Fsp3) is 0.273. The molecule has 0 aliphatic carbocycles. The van der Waals surface area contributed by atoms with E-state index in [-0.39, 0.29) is 19.1 Å². The number of carbonyl (C=O) groups is 2. The molecule has 0 saturated heterocycles. The Morgan fingerprint density at radius 2 is 1.82 bits per heavy atom. The van der Waals surface area contributed by atoms with Crippen molar-refractivity contribution in [3.05, 3.63) is 58.5 Å². The van der Waals surface area contributed by atoms with E-state index in [2.05, 4.69) is 5.32 Å². The molecule has 0 fully saturated rings. The van der Waals surface area contributed by atoms with Crippen LogP contribution < -0.4 is 10.1 Å². The van der Waals surface area contributed by atoms with Crippen molar-refractivity contribution in [2.75, 3.05) is 18.5 Å². The summed E-state index contributed by atoms with van der Waals surface area (Å²) in [5, 5.41) is 5.33. The van der Waals surface area contributed by atoms with Crippen molar-refractivity contribution in [2.45, 2.75) is 27.2 Å². The van der Waals surface area contributed by atoms with Gasteiger partial charge in [0.25, 0.3) is 5.91 Å². The first-order valence-electron chi connectivity index (χ1n) is 9.24. The molecule has 1 amide bonds. The van der Waals surface area contributed by atoms with Crippen molar-refractivity contribution >= 4 is 39.0 Å². The standard InChI is InChI=1S/C22H23NO4S/c1-4-18-14(3)20(22(25)26-5-2)21(28-18)23-19(24)13-27-17-12-8-10-15-9-6-7-11-16(15)17/h6-12H,4-5,13H2,1-3H3,(H,23,24). The van der Waals surface area contributed by atoms with Gasteiger partial charge in [0.1, 0.15) is 10.8 Å². The molecule has 146 valence electrons. The summed E-state index contributed by atoms with van der Waals surface area (Å²) in [7, 11) is 0. The first-order chi connectivity index (χ1) is 13.5. The van der Waals surface area contributed by atoms with Crippen LogP contribution in [0.15, 0.2) is 42.5 Å². The minimum atomic E-state index is -0.416. The summed E-state index contributed by atoms with van der Waals surface area (Å²) in [5.41, 5.74) is 1.29. The zero-order valence-corrected chi connectivity index (χ0v) is 17.0. The van der Waals surface area contributed by atoms with Gasteiger partial charge in [-0.1, -0.05) is 43.3 Å². The molecule has 1 heterocycles. The highest BCUT2D eigenvalue weighted by Gasteiger charge is 2.23. The molecule has 2 aromatic carbocycles. The fourth-order valence-corrected chi connectivity index (χ4v) is 4.21. The predicted molar refractivity (Wildman–Crippen MR) is 112 cm³/mol. The van der Waals surface area contributed by atoms with Crippen molar-refractivity contribution < 1.29 is 19.1 Å². The SMILES string of the molecule is CCOC(=O)c1c(NC(=O)COc2cccc3ccccc23)sc(CC)c1C. The van der Waals surface area contributed by atoms with Crippen LogP contribution in [0.1, 0.15) is 34.6 Å². The number of anilines is 1. The molecule has 0 bridgehead atoms. The van der Waals surface area contributed by atoms with E-state index < -0.39 is 5.97 Å². The zero-order chi connectivity index (χ0) is 20.1. The molecule has 28 heavy (non-hydrogen) atoms. The molecule has 0 spiro atoms. The van der Waals surface area contributed by atoms with Crippen LogP contribution in [-0.2, 0) is 16.0 Å². The lowest BCUT2D eigenvalue weighted by atomic mass is 10.1. The highest BCUT2D eigenvalue weighted by molar-refractivity contribution is 7.17. The van der Waals surface area contributed by atoms with E-state index >= 15 is 0 Å². The van der Waals surface area contributed by atoms with Gasteiger partial charge in [-0.15, -0.1) is 11.3 Å². The second kappa shape index (κ2) is 8.89. The summed E-state index contributed by atoms with van der Waals surface area (Å²) < 4.78 is 10.9. The van der Waals surface area contributed by atoms with E-state index in [4.69, 9.17) is 9.47 Å². The molecule has 0 radical (unpaired) electrons. The normalized spacial score (nSPS) is 10.7. The third-order valence-electron chi connectivity index (χ3n) is 4.41. The zero-order valence-electron chi connectivity index (χ0n) is 16.2. The van der Waals surface area contributed by atoms with Gasteiger partial charge in [-0.3, -0.25) is 4.79 Å². The van der Waals surface area contributed by atoms with Gasteiger partial charge in [0.05, 0.1) is 12.2 Å². The smallest absolute Gasteiger partial charge is 0.341 e. The van der Waals surface area contributed by atoms with Crippen LogP contribution in [-0.4, -0.2) is 25.1 Å². The number of esters is 1. The maximum Gasteiger partial charge on any atom is 0.341 e. The van der Waals surface area contributed by atoms with E-state index in [1.54, 1.807) is 6.92 Å². The first kappa shape index (κ1) is 19.9. The van der Waals surface area contributed by atoms with Gasteiger partial charge in [-0.05, 0) is 37.3 Å². The topological polar surface area (TPSA) is 64.6 Å². The van der Waals surface area contributed by atoms with Crippen LogP contribution in [0.4, 0.5) is 5.00 Å². The lowest BCUT2D eigenvalue weighted by Crippen LogP contribution is -2.21. The summed E-state index contributed by atoms with van der Waals surface area (Å²) in [6, 6.07) is 13.6. The van der Waals surface area contributed by atoms with Crippen LogP contribution in [0.25, 0.3) is 10.8 Å². The molecule has 0 aliphatic rings. The number of nitrogens with one attached hydrogen (secondary N) is 1. The van der Waals surface area contributed by atoms with Gasteiger partial charge in [-0.2, -0.15) is 0 Å². The largest absolute Gasteiger partial charge is 0.483 e. The number of ether oxygens (including phenoxy) is 2. The number of carbonyl (C=O) groups excluding carboxylic acids is 2. The van der Waals surface area contributed by atoms with Crippen LogP contribution in [0, 0.1) is 6.92 Å². The van der Waals surface area contributed by atoms with Crippen molar-refractivity contribution in [1.29, 1.82) is 0 Å². The van der Waals surface area contributed by atoms with Gasteiger partial charge >= 0.3 is 5.97 Å². The average Bonchev–Trinajstić information content (AvgIpc) is 3.01. The van der Waals surface area contributed by atoms with E-state index in [1.165, 1.54) is 11.3 Å². The highest BCUT2D eigenvalue weighted by atomic mass is 32.1. The monoisotopic (exact) mass is 397 g/mol. The summed E-state index contributed by atoms with van der Waals surface area (Å²) in [6.45, 7) is 5.80. The Morgan fingerprint density at radius 3 is 2.57 bits per heavy atom. The first-order valence-corrected chi connectivity index (χ1v) is 10.1. The number of benzene rings is 2. The number of hydrogen-bond acceptors (Lipinski definition) is 5. The quantitative estimate of drug-likeness (QED) is 0.572. The summed E-state index contributed by atoms with van der Waals surface area (Å²) in [4.78, 5) is 25.9. The second-order valence-corrected chi connectivity index (χ2v) is 7.35. The van der Waals surface area contributed by atoms with E-state index in [1.807, 2.05) is 56.3 Å². The number of rotatable bonds is 7. The van der Waals surface area contributed by atoms with Gasteiger partial charge in [0, 0.05) is 10.3 Å². The molecular formula is C22H23NO4S. The van der Waals surface area contributed by atoms with Crippen molar-refractivity contribution in [2.24, 2.45) is 0 Å².